The van der Waals surface area contributed by atoms with Gasteiger partial charge in [0, 0.05) is 61.3 Å². The Bertz CT molecular complexity index is 1560. The Morgan fingerprint density at radius 2 is 2.07 bits per heavy atom. The maximum atomic E-state index is 12.6. The molecule has 43 heavy (non-hydrogen) atoms. The molecule has 0 unspecified atom stereocenters. The van der Waals surface area contributed by atoms with Crippen LogP contribution in [0.2, 0.25) is 0 Å². The van der Waals surface area contributed by atoms with Gasteiger partial charge in [-0.25, -0.2) is 6.57 Å². The number of aromatic nitrogens is 3. The molecular formula is C33H40N8O2. The SMILES string of the molecule is [C-]#[N+]C[C@H]1CN(c2nc(O[C@H](C)CN(C)C3CC3)nc3c2CCN(c2cncc4cccc(C)c24)C3)CCN1C(=O)C=C. The van der Waals surface area contributed by atoms with E-state index in [1.807, 2.05) is 12.4 Å². The number of amides is 1. The monoisotopic (exact) mass is 580 g/mol. The fraction of sp³-hybridized carbons (Fsp3) is 0.485. The van der Waals surface area contributed by atoms with Gasteiger partial charge in [0.05, 0.1) is 24.1 Å². The first-order chi connectivity index (χ1) is 20.9. The zero-order chi connectivity index (χ0) is 30.1. The van der Waals surface area contributed by atoms with Gasteiger partial charge in [0.15, 0.2) is 0 Å². The second kappa shape index (κ2) is 12.2. The zero-order valence-electron chi connectivity index (χ0n) is 25.4. The number of ether oxygens (including phenoxy) is 1. The molecule has 2 fully saturated rings. The summed E-state index contributed by atoms with van der Waals surface area (Å²) in [5, 5.41) is 2.34. The molecule has 2 atom stereocenters. The summed E-state index contributed by atoms with van der Waals surface area (Å²) in [6, 6.07) is 7.12. The fourth-order valence-electron chi connectivity index (χ4n) is 6.55. The number of rotatable bonds is 9. The Morgan fingerprint density at radius 1 is 1.23 bits per heavy atom. The first-order valence-electron chi connectivity index (χ1n) is 15.2. The number of fused-ring (bicyclic) bond motifs is 2. The van der Waals surface area contributed by atoms with E-state index in [1.54, 1.807) is 4.90 Å². The second-order valence-corrected chi connectivity index (χ2v) is 12.0. The summed E-state index contributed by atoms with van der Waals surface area (Å²) in [5.74, 6) is 0.723. The number of likely N-dealkylation sites (N-methyl/N-ethyl adjacent to an activating group) is 1. The predicted octanol–water partition coefficient (Wildman–Crippen LogP) is 3.88. The second-order valence-electron chi connectivity index (χ2n) is 12.0. The molecule has 10 nitrogen and oxygen atoms in total. The first kappa shape index (κ1) is 28.9. The van der Waals surface area contributed by atoms with Crippen molar-refractivity contribution in [1.29, 1.82) is 0 Å². The van der Waals surface area contributed by atoms with Crippen LogP contribution in [0.5, 0.6) is 6.01 Å². The number of carbonyl (C=O) groups is 1. The quantitative estimate of drug-likeness (QED) is 0.279. The van der Waals surface area contributed by atoms with Crippen LogP contribution in [-0.4, -0.2) is 95.2 Å². The zero-order valence-corrected chi connectivity index (χ0v) is 25.4. The largest absolute Gasteiger partial charge is 0.459 e. The van der Waals surface area contributed by atoms with E-state index < -0.39 is 0 Å². The van der Waals surface area contributed by atoms with Crippen LogP contribution in [0.3, 0.4) is 0 Å². The molecule has 10 heteroatoms. The Hall–Kier alpha value is -4.23. The van der Waals surface area contributed by atoms with Crippen LogP contribution >= 0.6 is 0 Å². The molecule has 1 aliphatic carbocycles. The van der Waals surface area contributed by atoms with E-state index in [-0.39, 0.29) is 24.6 Å². The lowest BCUT2D eigenvalue weighted by atomic mass is 10.0. The van der Waals surface area contributed by atoms with Gasteiger partial charge < -0.3 is 24.3 Å². The van der Waals surface area contributed by atoms with Gasteiger partial charge >= 0.3 is 6.01 Å². The van der Waals surface area contributed by atoms with Gasteiger partial charge in [-0.15, -0.1) is 0 Å². The van der Waals surface area contributed by atoms with Crippen molar-refractivity contribution in [3.63, 3.8) is 0 Å². The summed E-state index contributed by atoms with van der Waals surface area (Å²) in [4.78, 5) is 39.5. The van der Waals surface area contributed by atoms with Gasteiger partial charge in [-0.05, 0) is 51.8 Å². The summed E-state index contributed by atoms with van der Waals surface area (Å²) >= 11 is 0. The Balaban J connectivity index is 1.33. The highest BCUT2D eigenvalue weighted by molar-refractivity contribution is 5.96. The van der Waals surface area contributed by atoms with E-state index in [0.29, 0.717) is 38.2 Å². The normalized spacial score (nSPS) is 19.2. The number of pyridine rings is 1. The summed E-state index contributed by atoms with van der Waals surface area (Å²) < 4.78 is 6.39. The summed E-state index contributed by atoms with van der Waals surface area (Å²) in [6.45, 7) is 19.5. The Kier molecular flexibility index (Phi) is 8.17. The van der Waals surface area contributed by atoms with Crippen LogP contribution in [0.4, 0.5) is 11.5 Å². The van der Waals surface area contributed by atoms with E-state index in [9.17, 15) is 4.79 Å². The topological polar surface area (TPSA) is 82.3 Å². The van der Waals surface area contributed by atoms with Gasteiger partial charge in [0.1, 0.15) is 18.0 Å². The summed E-state index contributed by atoms with van der Waals surface area (Å²) in [5.41, 5.74) is 4.39. The number of benzene rings is 1. The number of hydrogen-bond acceptors (Lipinski definition) is 8. The average molecular weight is 581 g/mol. The summed E-state index contributed by atoms with van der Waals surface area (Å²) in [6.07, 6.45) is 8.40. The van der Waals surface area contributed by atoms with Crippen LogP contribution < -0.4 is 14.5 Å². The minimum Gasteiger partial charge on any atom is -0.459 e. The lowest BCUT2D eigenvalue weighted by Crippen LogP contribution is -2.56. The van der Waals surface area contributed by atoms with E-state index >= 15 is 0 Å². The molecule has 0 bridgehead atoms. The highest BCUT2D eigenvalue weighted by Crippen LogP contribution is 2.35. The van der Waals surface area contributed by atoms with Crippen molar-refractivity contribution in [2.75, 3.05) is 56.1 Å². The van der Waals surface area contributed by atoms with Crippen molar-refractivity contribution < 1.29 is 9.53 Å². The molecule has 6 rings (SSSR count). The number of aryl methyl sites for hydroxylation is 1. The van der Waals surface area contributed by atoms with Gasteiger partial charge in [0.2, 0.25) is 12.5 Å². The van der Waals surface area contributed by atoms with E-state index in [4.69, 9.17) is 21.3 Å². The highest BCUT2D eigenvalue weighted by Gasteiger charge is 2.35. The van der Waals surface area contributed by atoms with Gasteiger partial charge in [-0.2, -0.15) is 9.97 Å². The van der Waals surface area contributed by atoms with E-state index in [1.165, 1.54) is 29.9 Å². The van der Waals surface area contributed by atoms with Crippen LogP contribution in [-0.2, 0) is 17.8 Å². The molecule has 1 saturated heterocycles. The van der Waals surface area contributed by atoms with Crippen LogP contribution in [0.25, 0.3) is 15.6 Å². The molecule has 1 aromatic carbocycles. The molecule has 2 aromatic heterocycles. The van der Waals surface area contributed by atoms with Crippen molar-refractivity contribution >= 4 is 28.2 Å². The first-order valence-corrected chi connectivity index (χ1v) is 15.2. The van der Waals surface area contributed by atoms with Gasteiger partial charge in [-0.1, -0.05) is 24.8 Å². The molecule has 0 radical (unpaired) electrons. The maximum absolute atomic E-state index is 12.6. The fourth-order valence-corrected chi connectivity index (χ4v) is 6.55. The molecule has 224 valence electrons. The van der Waals surface area contributed by atoms with Crippen molar-refractivity contribution in [3.05, 3.63) is 71.5 Å². The lowest BCUT2D eigenvalue weighted by Gasteiger charge is -2.41. The number of hydrogen-bond donors (Lipinski definition) is 0. The third kappa shape index (κ3) is 6.00. The molecule has 0 spiro atoms. The van der Waals surface area contributed by atoms with Crippen molar-refractivity contribution in [3.8, 4) is 6.01 Å². The van der Waals surface area contributed by atoms with Crippen LogP contribution in [0.15, 0.2) is 43.2 Å². The average Bonchev–Trinajstić information content (AvgIpc) is 3.86. The molecule has 1 amide bonds. The molecule has 2 aliphatic heterocycles. The van der Waals surface area contributed by atoms with Crippen LogP contribution in [0, 0.1) is 13.5 Å². The summed E-state index contributed by atoms with van der Waals surface area (Å²) in [7, 11) is 2.15. The van der Waals surface area contributed by atoms with Crippen molar-refractivity contribution in [2.45, 2.75) is 57.8 Å². The standard InChI is InChI=1S/C33H40N8O2/c1-6-30(42)41-15-14-40(20-26(41)17-34-4)32-27-12-13-39(29-18-35-16-24-9-7-8-22(2)31(24)29)21-28(27)36-33(37-32)43-23(3)19-38(5)25-10-11-25/h6-9,16,18,23,25-26H,1,10-15,17,19-21H2,2-3,5H3/t23-,26+/m1/s1. The number of anilines is 2. The maximum Gasteiger partial charge on any atom is 0.318 e. The number of carbonyl (C=O) groups excluding carboxylic acids is 1. The minimum absolute atomic E-state index is 0.0713. The Morgan fingerprint density at radius 3 is 2.84 bits per heavy atom. The molecule has 0 N–H and O–H groups in total. The third-order valence-corrected chi connectivity index (χ3v) is 8.90. The van der Waals surface area contributed by atoms with Crippen molar-refractivity contribution in [1.82, 2.24) is 24.8 Å². The molecule has 4 heterocycles. The highest BCUT2D eigenvalue weighted by atomic mass is 16.5. The molecule has 3 aromatic rings. The van der Waals surface area contributed by atoms with Gasteiger partial charge in [0.25, 0.3) is 0 Å². The van der Waals surface area contributed by atoms with Crippen LogP contribution in [0.1, 0.15) is 36.6 Å². The van der Waals surface area contributed by atoms with Crippen molar-refractivity contribution in [2.24, 2.45) is 0 Å². The molecule has 3 aliphatic rings. The smallest absolute Gasteiger partial charge is 0.318 e. The van der Waals surface area contributed by atoms with E-state index in [2.05, 4.69) is 70.2 Å². The van der Waals surface area contributed by atoms with E-state index in [0.717, 1.165) is 47.7 Å². The lowest BCUT2D eigenvalue weighted by molar-refractivity contribution is -0.128. The number of nitrogens with zero attached hydrogens (tertiary/aromatic N) is 8. The minimum atomic E-state index is -0.234. The molecular weight excluding hydrogens is 540 g/mol. The Labute approximate surface area is 253 Å². The third-order valence-electron chi connectivity index (χ3n) is 8.90. The predicted molar refractivity (Wildman–Crippen MR) is 168 cm³/mol. The molecule has 1 saturated carbocycles. The number of piperazine rings is 1. The van der Waals surface area contributed by atoms with Gasteiger partial charge in [-0.3, -0.25) is 14.7 Å².